The Morgan fingerprint density at radius 1 is 1.22 bits per heavy atom. The van der Waals surface area contributed by atoms with Crippen molar-refractivity contribution in [3.8, 4) is 5.75 Å². The fourth-order valence-electron chi connectivity index (χ4n) is 4.55. The van der Waals surface area contributed by atoms with Crippen LogP contribution in [0.4, 0.5) is 11.5 Å². The number of nitrogens with one attached hydrogen (secondary N) is 1. The van der Waals surface area contributed by atoms with Crippen molar-refractivity contribution < 1.29 is 14.5 Å². The number of piperidine rings is 1. The van der Waals surface area contributed by atoms with E-state index >= 15 is 0 Å². The molecule has 1 aromatic heterocycles. The van der Waals surface area contributed by atoms with E-state index < -0.39 is 10.5 Å². The molecule has 1 N–H and O–H groups in total. The van der Waals surface area contributed by atoms with Crippen LogP contribution in [0.25, 0.3) is 0 Å². The molecule has 10 heteroatoms. The minimum absolute atomic E-state index is 0.0119. The predicted molar refractivity (Wildman–Crippen MR) is 123 cm³/mol. The van der Waals surface area contributed by atoms with Crippen LogP contribution in [0.3, 0.4) is 0 Å². The number of anilines is 1. The van der Waals surface area contributed by atoms with E-state index in [1.807, 2.05) is 0 Å². The van der Waals surface area contributed by atoms with Gasteiger partial charge in [-0.05, 0) is 63.8 Å². The third kappa shape index (κ3) is 4.61. The van der Waals surface area contributed by atoms with Crippen molar-refractivity contribution >= 4 is 40.6 Å². The van der Waals surface area contributed by atoms with E-state index in [0.717, 1.165) is 31.5 Å². The lowest BCUT2D eigenvalue weighted by Crippen LogP contribution is -2.55. The first-order valence-electron chi connectivity index (χ1n) is 10.5. The highest BCUT2D eigenvalue weighted by atomic mass is 35.5. The lowest BCUT2D eigenvalue weighted by molar-refractivity contribution is -0.385. The molecule has 2 fully saturated rings. The van der Waals surface area contributed by atoms with Crippen molar-refractivity contribution in [2.75, 3.05) is 4.90 Å². The van der Waals surface area contributed by atoms with Crippen molar-refractivity contribution in [2.24, 2.45) is 0 Å². The van der Waals surface area contributed by atoms with Crippen LogP contribution in [0.2, 0.25) is 10.0 Å². The number of pyridine rings is 1. The summed E-state index contributed by atoms with van der Waals surface area (Å²) in [5, 5.41) is 14.9. The molecule has 0 saturated carbocycles. The average Bonchev–Trinajstić information content (AvgIpc) is 3.00. The monoisotopic (exact) mass is 478 g/mol. The molecule has 1 aromatic carbocycles. The van der Waals surface area contributed by atoms with Crippen molar-refractivity contribution in [1.82, 2.24) is 10.3 Å². The standard InChI is InChI=1S/C22H24Cl2N4O4/c1-22(2,32-19-7-3-13(23)9-18(19)24)21(29)26-14-10-15-4-5-16(11-14)27(15)20-8-6-17(12-25-20)28(30)31/h3,6-9,12,14-16H,4-5,10-11H2,1-2H3,(H,26,29)/t14-,15+,16-. The number of fused-ring (bicyclic) bond motifs is 2. The van der Waals surface area contributed by atoms with E-state index in [1.165, 1.54) is 12.3 Å². The van der Waals surface area contributed by atoms with Crippen LogP contribution < -0.4 is 15.0 Å². The average molecular weight is 479 g/mol. The second kappa shape index (κ2) is 8.75. The SMILES string of the molecule is CC(C)(Oc1ccc(Cl)cc1Cl)C(=O)N[C@H]1C[C@H]2CC[C@@H](C1)N2c1ccc([N+](=O)[O-])cn1. The number of nitro groups is 1. The van der Waals surface area contributed by atoms with Gasteiger partial charge < -0.3 is 15.0 Å². The molecule has 8 nitrogen and oxygen atoms in total. The zero-order chi connectivity index (χ0) is 23.0. The van der Waals surface area contributed by atoms with Gasteiger partial charge in [-0.1, -0.05) is 23.2 Å². The van der Waals surface area contributed by atoms with E-state index in [0.29, 0.717) is 15.8 Å². The number of carbonyl (C=O) groups excluding carboxylic acids is 1. The molecule has 2 saturated heterocycles. The highest BCUT2D eigenvalue weighted by Gasteiger charge is 2.43. The van der Waals surface area contributed by atoms with Gasteiger partial charge in [0.1, 0.15) is 17.8 Å². The van der Waals surface area contributed by atoms with E-state index in [4.69, 9.17) is 27.9 Å². The Kier molecular flexibility index (Phi) is 6.18. The maximum atomic E-state index is 13.0. The molecule has 3 atom stereocenters. The maximum Gasteiger partial charge on any atom is 0.287 e. The molecule has 2 aliphatic rings. The van der Waals surface area contributed by atoms with Gasteiger partial charge in [-0.15, -0.1) is 0 Å². The summed E-state index contributed by atoms with van der Waals surface area (Å²) in [6.45, 7) is 3.41. The quantitative estimate of drug-likeness (QED) is 0.474. The van der Waals surface area contributed by atoms with E-state index in [9.17, 15) is 14.9 Å². The van der Waals surface area contributed by atoms with Gasteiger partial charge in [-0.2, -0.15) is 0 Å². The van der Waals surface area contributed by atoms with Crippen LogP contribution in [-0.4, -0.2) is 39.5 Å². The van der Waals surface area contributed by atoms with Crippen LogP contribution in [-0.2, 0) is 4.79 Å². The smallest absolute Gasteiger partial charge is 0.287 e. The molecular weight excluding hydrogens is 455 g/mol. The molecule has 2 bridgehead atoms. The second-order valence-electron chi connectivity index (χ2n) is 8.75. The van der Waals surface area contributed by atoms with Gasteiger partial charge in [0.15, 0.2) is 5.60 Å². The zero-order valence-corrected chi connectivity index (χ0v) is 19.3. The Morgan fingerprint density at radius 2 is 1.91 bits per heavy atom. The third-order valence-corrected chi connectivity index (χ3v) is 6.61. The van der Waals surface area contributed by atoms with Crippen LogP contribution in [0.15, 0.2) is 36.5 Å². The lowest BCUT2D eigenvalue weighted by atomic mass is 9.96. The number of aromatic nitrogens is 1. The summed E-state index contributed by atoms with van der Waals surface area (Å²) >= 11 is 12.1. The Hall–Kier alpha value is -2.58. The van der Waals surface area contributed by atoms with E-state index in [2.05, 4.69) is 15.2 Å². The summed E-state index contributed by atoms with van der Waals surface area (Å²) < 4.78 is 5.90. The number of halogens is 2. The van der Waals surface area contributed by atoms with Gasteiger partial charge >= 0.3 is 0 Å². The third-order valence-electron chi connectivity index (χ3n) is 6.08. The summed E-state index contributed by atoms with van der Waals surface area (Å²) in [6.07, 6.45) is 4.84. The van der Waals surface area contributed by atoms with Crippen LogP contribution in [0.1, 0.15) is 39.5 Å². The highest BCUT2D eigenvalue weighted by Crippen LogP contribution is 2.39. The van der Waals surface area contributed by atoms with E-state index in [-0.39, 0.29) is 29.7 Å². The molecule has 4 rings (SSSR count). The zero-order valence-electron chi connectivity index (χ0n) is 17.8. The molecule has 0 spiro atoms. The van der Waals surface area contributed by atoms with Crippen LogP contribution >= 0.6 is 23.2 Å². The number of ether oxygens (including phenoxy) is 1. The normalized spacial score (nSPS) is 22.5. The highest BCUT2D eigenvalue weighted by molar-refractivity contribution is 6.35. The number of hydrogen-bond acceptors (Lipinski definition) is 6. The minimum Gasteiger partial charge on any atom is -0.476 e. The Morgan fingerprint density at radius 3 is 2.47 bits per heavy atom. The molecule has 170 valence electrons. The van der Waals surface area contributed by atoms with Crippen molar-refractivity contribution in [3.63, 3.8) is 0 Å². The number of rotatable bonds is 6. The molecule has 32 heavy (non-hydrogen) atoms. The van der Waals surface area contributed by atoms with Gasteiger partial charge in [0.05, 0.1) is 9.95 Å². The van der Waals surface area contributed by atoms with Crippen LogP contribution in [0.5, 0.6) is 5.75 Å². The molecule has 0 aliphatic carbocycles. The molecule has 0 unspecified atom stereocenters. The number of amides is 1. The number of carbonyl (C=O) groups is 1. The maximum absolute atomic E-state index is 13.0. The summed E-state index contributed by atoms with van der Waals surface area (Å²) in [5.41, 5.74) is -1.14. The first-order valence-corrected chi connectivity index (χ1v) is 11.2. The van der Waals surface area contributed by atoms with Crippen molar-refractivity contribution in [3.05, 3.63) is 56.7 Å². The van der Waals surface area contributed by atoms with Gasteiger partial charge in [-0.3, -0.25) is 14.9 Å². The Bertz CT molecular complexity index is 1020. The topological polar surface area (TPSA) is 97.6 Å². The van der Waals surface area contributed by atoms with E-state index in [1.54, 1.807) is 38.1 Å². The summed E-state index contributed by atoms with van der Waals surface area (Å²) in [4.78, 5) is 30.0. The van der Waals surface area contributed by atoms with Gasteiger partial charge in [-0.25, -0.2) is 4.98 Å². The Balaban J connectivity index is 1.40. The number of hydrogen-bond donors (Lipinski definition) is 1. The number of nitrogens with zero attached hydrogens (tertiary/aromatic N) is 3. The molecular formula is C22H24Cl2N4O4. The summed E-state index contributed by atoms with van der Waals surface area (Å²) in [6, 6.07) is 8.54. The molecule has 2 aliphatic heterocycles. The van der Waals surface area contributed by atoms with Crippen molar-refractivity contribution in [1.29, 1.82) is 0 Å². The number of benzene rings is 1. The first kappa shape index (κ1) is 22.6. The lowest BCUT2D eigenvalue weighted by Gasteiger charge is -2.40. The van der Waals surface area contributed by atoms with Gasteiger partial charge in [0.2, 0.25) is 0 Å². The molecule has 1 amide bonds. The second-order valence-corrected chi connectivity index (χ2v) is 9.60. The largest absolute Gasteiger partial charge is 0.476 e. The molecule has 2 aromatic rings. The molecule has 3 heterocycles. The molecule has 0 radical (unpaired) electrons. The summed E-state index contributed by atoms with van der Waals surface area (Å²) in [5.74, 6) is 0.930. The predicted octanol–water partition coefficient (Wildman–Crippen LogP) is 4.77. The van der Waals surface area contributed by atoms with Gasteiger partial charge in [0.25, 0.3) is 11.6 Å². The Labute approximate surface area is 196 Å². The van der Waals surface area contributed by atoms with Crippen LogP contribution in [0, 0.1) is 10.1 Å². The fraction of sp³-hybridized carbons (Fsp3) is 0.455. The summed E-state index contributed by atoms with van der Waals surface area (Å²) in [7, 11) is 0. The fourth-order valence-corrected chi connectivity index (χ4v) is 4.99. The minimum atomic E-state index is -1.12. The van der Waals surface area contributed by atoms with Gasteiger partial charge in [0, 0.05) is 29.2 Å². The van der Waals surface area contributed by atoms with Crippen molar-refractivity contribution in [2.45, 2.75) is 63.3 Å². The first-order chi connectivity index (χ1) is 15.1.